The number of hydrogen-bond donors (Lipinski definition) is 2. The van der Waals surface area contributed by atoms with Crippen molar-refractivity contribution in [1.29, 1.82) is 0 Å². The first-order valence-electron chi connectivity index (χ1n) is 9.83. The number of methoxy groups -OCH3 is 1. The molecule has 0 bridgehead atoms. The number of carbonyl (C=O) groups excluding carboxylic acids is 3. The van der Waals surface area contributed by atoms with Gasteiger partial charge < -0.3 is 20.1 Å². The van der Waals surface area contributed by atoms with Gasteiger partial charge in [0, 0.05) is 17.7 Å². The maximum Gasteiger partial charge on any atom is 0.326 e. The maximum atomic E-state index is 12.3. The van der Waals surface area contributed by atoms with E-state index < -0.39 is 29.4 Å². The fraction of sp³-hybridized carbons (Fsp3) is 0.550. The summed E-state index contributed by atoms with van der Waals surface area (Å²) in [6.07, 6.45) is 3.16. The van der Waals surface area contributed by atoms with Gasteiger partial charge in [-0.05, 0) is 37.8 Å². The molecule has 3 atom stereocenters. The van der Waals surface area contributed by atoms with Gasteiger partial charge in [0.25, 0.3) is 11.8 Å². The molecule has 164 valence electrons. The van der Waals surface area contributed by atoms with Crippen molar-refractivity contribution in [2.75, 3.05) is 13.7 Å². The largest absolute Gasteiger partial charge is 0.490 e. The fourth-order valence-corrected chi connectivity index (χ4v) is 3.35. The lowest BCUT2D eigenvalue weighted by molar-refractivity contribution is -0.385. The molecule has 2 amide bonds. The molecule has 0 radical (unpaired) electrons. The standard InChI is InChI=1S/C20H27N3O7/c1-12-6-4-5-7-15(12)22-19(25)13(2)30-18(24)11-21-20(26)14-8-9-17(29-3)16(10-14)23(27)28/h8-10,12-13,15H,4-7,11H2,1-3H3,(H,21,26)(H,22,25)/t12-,13-,15+/m1/s1. The van der Waals surface area contributed by atoms with E-state index in [2.05, 4.69) is 17.6 Å². The lowest BCUT2D eigenvalue weighted by atomic mass is 9.86. The molecule has 1 fully saturated rings. The summed E-state index contributed by atoms with van der Waals surface area (Å²) in [5.41, 5.74) is -0.373. The van der Waals surface area contributed by atoms with Crippen LogP contribution in [0.2, 0.25) is 0 Å². The van der Waals surface area contributed by atoms with Gasteiger partial charge in [0.15, 0.2) is 11.9 Å². The van der Waals surface area contributed by atoms with Crippen molar-refractivity contribution in [2.24, 2.45) is 5.92 Å². The first-order valence-corrected chi connectivity index (χ1v) is 9.83. The predicted molar refractivity (Wildman–Crippen MR) is 107 cm³/mol. The first-order chi connectivity index (χ1) is 14.2. The highest BCUT2D eigenvalue weighted by molar-refractivity contribution is 5.97. The third kappa shape index (κ3) is 6.16. The molecule has 1 aliphatic carbocycles. The highest BCUT2D eigenvalue weighted by Crippen LogP contribution is 2.27. The Bertz CT molecular complexity index is 812. The Hall–Kier alpha value is -3.17. The Kier molecular flexibility index (Phi) is 8.14. The summed E-state index contributed by atoms with van der Waals surface area (Å²) in [6.45, 7) is 3.07. The summed E-state index contributed by atoms with van der Waals surface area (Å²) >= 11 is 0. The maximum absolute atomic E-state index is 12.3. The SMILES string of the molecule is COc1ccc(C(=O)NCC(=O)O[C@H](C)C(=O)N[C@H]2CCCC[C@H]2C)cc1[N+](=O)[O-]. The molecular weight excluding hydrogens is 394 g/mol. The summed E-state index contributed by atoms with van der Waals surface area (Å²) in [4.78, 5) is 46.8. The Balaban J connectivity index is 1.84. The molecule has 0 saturated heterocycles. The smallest absolute Gasteiger partial charge is 0.326 e. The second-order valence-electron chi connectivity index (χ2n) is 7.34. The van der Waals surface area contributed by atoms with Gasteiger partial charge >= 0.3 is 11.7 Å². The summed E-state index contributed by atoms with van der Waals surface area (Å²) in [5, 5.41) is 16.3. The molecule has 0 unspecified atom stereocenters. The van der Waals surface area contributed by atoms with Gasteiger partial charge in [0.05, 0.1) is 12.0 Å². The summed E-state index contributed by atoms with van der Waals surface area (Å²) < 4.78 is 9.96. The minimum absolute atomic E-state index is 0.00706. The van der Waals surface area contributed by atoms with E-state index in [1.807, 2.05) is 0 Å². The zero-order chi connectivity index (χ0) is 22.3. The molecule has 1 aliphatic rings. The minimum Gasteiger partial charge on any atom is -0.490 e. The van der Waals surface area contributed by atoms with E-state index in [4.69, 9.17) is 9.47 Å². The van der Waals surface area contributed by atoms with Crippen LogP contribution in [0.4, 0.5) is 5.69 Å². The van der Waals surface area contributed by atoms with E-state index in [0.29, 0.717) is 5.92 Å². The lowest BCUT2D eigenvalue weighted by Gasteiger charge is -2.30. The van der Waals surface area contributed by atoms with Gasteiger partial charge in [-0.1, -0.05) is 19.8 Å². The molecule has 10 heteroatoms. The van der Waals surface area contributed by atoms with Gasteiger partial charge in [-0.25, -0.2) is 0 Å². The molecule has 0 aromatic heterocycles. The van der Waals surface area contributed by atoms with Gasteiger partial charge in [-0.15, -0.1) is 0 Å². The first kappa shape index (κ1) is 23.1. The Morgan fingerprint density at radius 3 is 2.60 bits per heavy atom. The number of carbonyl (C=O) groups is 3. The monoisotopic (exact) mass is 421 g/mol. The van der Waals surface area contributed by atoms with Crippen molar-refractivity contribution in [1.82, 2.24) is 10.6 Å². The molecule has 2 N–H and O–H groups in total. The highest BCUT2D eigenvalue weighted by atomic mass is 16.6. The Labute approximate surface area is 174 Å². The number of esters is 1. The van der Waals surface area contributed by atoms with Crippen LogP contribution in [0.3, 0.4) is 0 Å². The van der Waals surface area contributed by atoms with Crippen LogP contribution in [-0.2, 0) is 14.3 Å². The number of nitro groups is 1. The number of amides is 2. The van der Waals surface area contributed by atoms with Crippen LogP contribution in [0.15, 0.2) is 18.2 Å². The van der Waals surface area contributed by atoms with E-state index in [-0.39, 0.29) is 28.9 Å². The Morgan fingerprint density at radius 2 is 1.97 bits per heavy atom. The molecule has 2 rings (SSSR count). The van der Waals surface area contributed by atoms with E-state index in [1.165, 1.54) is 26.2 Å². The van der Waals surface area contributed by atoms with Crippen LogP contribution in [-0.4, -0.2) is 48.5 Å². The second kappa shape index (κ2) is 10.6. The topological polar surface area (TPSA) is 137 Å². The van der Waals surface area contributed by atoms with Crippen LogP contribution in [0, 0.1) is 16.0 Å². The van der Waals surface area contributed by atoms with Gasteiger partial charge in [-0.3, -0.25) is 24.5 Å². The van der Waals surface area contributed by atoms with Crippen LogP contribution >= 0.6 is 0 Å². The third-order valence-corrected chi connectivity index (χ3v) is 5.15. The molecule has 1 aromatic rings. The average molecular weight is 421 g/mol. The molecule has 30 heavy (non-hydrogen) atoms. The Morgan fingerprint density at radius 1 is 1.27 bits per heavy atom. The van der Waals surface area contributed by atoms with Gasteiger partial charge in [0.1, 0.15) is 6.54 Å². The molecule has 0 spiro atoms. The number of nitrogens with one attached hydrogen (secondary N) is 2. The number of benzene rings is 1. The van der Waals surface area contributed by atoms with E-state index >= 15 is 0 Å². The van der Waals surface area contributed by atoms with Crippen molar-refractivity contribution in [3.63, 3.8) is 0 Å². The molecule has 0 aliphatic heterocycles. The van der Waals surface area contributed by atoms with Gasteiger partial charge in [0.2, 0.25) is 0 Å². The third-order valence-electron chi connectivity index (χ3n) is 5.15. The molecule has 1 saturated carbocycles. The number of hydrogen-bond acceptors (Lipinski definition) is 7. The summed E-state index contributed by atoms with van der Waals surface area (Å²) in [5.74, 6) is -1.46. The minimum atomic E-state index is -0.995. The van der Waals surface area contributed by atoms with Crippen molar-refractivity contribution in [3.8, 4) is 5.75 Å². The lowest BCUT2D eigenvalue weighted by Crippen LogP contribution is -2.46. The van der Waals surface area contributed by atoms with Crippen LogP contribution < -0.4 is 15.4 Å². The van der Waals surface area contributed by atoms with Gasteiger partial charge in [-0.2, -0.15) is 0 Å². The summed E-state index contributed by atoms with van der Waals surface area (Å²) in [6, 6.07) is 3.76. The van der Waals surface area contributed by atoms with E-state index in [1.54, 1.807) is 0 Å². The number of nitro benzene ring substituents is 1. The van der Waals surface area contributed by atoms with Crippen molar-refractivity contribution in [3.05, 3.63) is 33.9 Å². The number of nitrogens with zero attached hydrogens (tertiary/aromatic N) is 1. The van der Waals surface area contributed by atoms with Crippen LogP contribution in [0.1, 0.15) is 49.9 Å². The van der Waals surface area contributed by atoms with Crippen LogP contribution in [0.25, 0.3) is 0 Å². The molecule has 1 aromatic carbocycles. The van der Waals surface area contributed by atoms with Crippen molar-refractivity contribution in [2.45, 2.75) is 51.7 Å². The zero-order valence-corrected chi connectivity index (χ0v) is 17.3. The number of rotatable bonds is 8. The molecule has 0 heterocycles. The highest BCUT2D eigenvalue weighted by Gasteiger charge is 2.26. The summed E-state index contributed by atoms with van der Waals surface area (Å²) in [7, 11) is 1.28. The zero-order valence-electron chi connectivity index (χ0n) is 17.3. The van der Waals surface area contributed by atoms with Crippen molar-refractivity contribution >= 4 is 23.5 Å². The van der Waals surface area contributed by atoms with E-state index in [0.717, 1.165) is 31.7 Å². The fourth-order valence-electron chi connectivity index (χ4n) is 3.35. The van der Waals surface area contributed by atoms with E-state index in [9.17, 15) is 24.5 Å². The van der Waals surface area contributed by atoms with Crippen molar-refractivity contribution < 1.29 is 28.8 Å². The predicted octanol–water partition coefficient (Wildman–Crippen LogP) is 1.96. The van der Waals surface area contributed by atoms with Crippen LogP contribution in [0.5, 0.6) is 5.75 Å². The number of ether oxygens (including phenoxy) is 2. The average Bonchev–Trinajstić information content (AvgIpc) is 2.72. The normalized spacial score (nSPS) is 19.3. The molecular formula is C20H27N3O7. The molecule has 10 nitrogen and oxygen atoms in total. The quantitative estimate of drug-likeness (QED) is 0.372. The second-order valence-corrected chi connectivity index (χ2v) is 7.34.